The first-order valence-electron chi connectivity index (χ1n) is 8.98. The molecule has 2 aromatic rings. The molecule has 4 rings (SSSR count). The van der Waals surface area contributed by atoms with Gasteiger partial charge in [-0.05, 0) is 43.0 Å². The lowest BCUT2D eigenvalue weighted by molar-refractivity contribution is -0.137. The fourth-order valence-corrected chi connectivity index (χ4v) is 3.57. The van der Waals surface area contributed by atoms with Crippen molar-refractivity contribution in [3.63, 3.8) is 0 Å². The Balaban J connectivity index is 1.75. The number of halogens is 4. The van der Waals surface area contributed by atoms with Crippen molar-refractivity contribution in [1.82, 2.24) is 5.32 Å². The minimum Gasteiger partial charge on any atom is -0.462 e. The van der Waals surface area contributed by atoms with Crippen molar-refractivity contribution in [3.8, 4) is 0 Å². The van der Waals surface area contributed by atoms with Gasteiger partial charge in [0.05, 0.1) is 11.1 Å². The number of benzene rings is 2. The van der Waals surface area contributed by atoms with Crippen molar-refractivity contribution in [3.05, 3.63) is 76.1 Å². The number of ketones is 1. The molecule has 28 heavy (non-hydrogen) atoms. The van der Waals surface area contributed by atoms with Crippen molar-refractivity contribution < 1.29 is 22.7 Å². The minimum absolute atomic E-state index is 0.128. The quantitative estimate of drug-likeness (QED) is 0.726. The second kappa shape index (κ2) is 7.17. The number of carbonyl (C=O) groups is 1. The Morgan fingerprint density at radius 1 is 1.07 bits per heavy atom. The third-order valence-electron chi connectivity index (χ3n) is 5.05. The van der Waals surface area contributed by atoms with Gasteiger partial charge in [-0.2, -0.15) is 13.2 Å². The molecule has 146 valence electrons. The summed E-state index contributed by atoms with van der Waals surface area (Å²) >= 11 is 6.22. The zero-order valence-electron chi connectivity index (χ0n) is 14.7. The van der Waals surface area contributed by atoms with Crippen LogP contribution in [0.5, 0.6) is 0 Å². The number of Topliss-reactive ketones (excluding diaryl/α,β-unsaturated/α-hetero) is 1. The molecule has 1 heterocycles. The van der Waals surface area contributed by atoms with Crippen LogP contribution in [0.1, 0.15) is 42.1 Å². The van der Waals surface area contributed by atoms with E-state index >= 15 is 0 Å². The van der Waals surface area contributed by atoms with Gasteiger partial charge in [0.2, 0.25) is 5.78 Å². The van der Waals surface area contributed by atoms with Gasteiger partial charge in [0.15, 0.2) is 12.0 Å². The lowest BCUT2D eigenvalue weighted by Crippen LogP contribution is -2.35. The van der Waals surface area contributed by atoms with Gasteiger partial charge in [0.25, 0.3) is 0 Å². The van der Waals surface area contributed by atoms with E-state index in [0.717, 1.165) is 31.4 Å². The Kier molecular flexibility index (Phi) is 4.83. The zero-order chi connectivity index (χ0) is 19.9. The molecule has 0 amide bonds. The molecule has 0 spiro atoms. The molecule has 0 radical (unpaired) electrons. The van der Waals surface area contributed by atoms with Crippen LogP contribution in [0.25, 0.3) is 5.57 Å². The van der Waals surface area contributed by atoms with E-state index in [1.165, 1.54) is 12.1 Å². The molecule has 1 N–H and O–H groups in total. The van der Waals surface area contributed by atoms with Crippen LogP contribution >= 0.6 is 11.6 Å². The normalized spacial score (nSPS) is 20.1. The Bertz CT molecular complexity index is 951. The fourth-order valence-electron chi connectivity index (χ4n) is 3.33. The van der Waals surface area contributed by atoms with E-state index in [-0.39, 0.29) is 23.1 Å². The Morgan fingerprint density at radius 2 is 1.82 bits per heavy atom. The molecule has 3 nitrogen and oxygen atoms in total. The molecule has 7 heteroatoms. The highest BCUT2D eigenvalue weighted by Gasteiger charge is 2.40. The van der Waals surface area contributed by atoms with E-state index in [9.17, 15) is 18.0 Å². The van der Waals surface area contributed by atoms with E-state index in [1.54, 1.807) is 24.3 Å². The lowest BCUT2D eigenvalue weighted by atomic mass is 9.92. The number of nitrogens with one attached hydrogen (secondary N) is 1. The average Bonchev–Trinajstić information content (AvgIpc) is 2.94. The number of hydrogen-bond donors (Lipinski definition) is 1. The van der Waals surface area contributed by atoms with Gasteiger partial charge in [-0.3, -0.25) is 4.79 Å². The smallest absolute Gasteiger partial charge is 0.416 e. The minimum atomic E-state index is -4.50. The highest BCUT2D eigenvalue weighted by atomic mass is 35.5. The molecule has 1 atom stereocenters. The first kappa shape index (κ1) is 18.9. The predicted octanol–water partition coefficient (Wildman–Crippen LogP) is 5.51. The summed E-state index contributed by atoms with van der Waals surface area (Å²) in [6.07, 6.45) is -2.57. The van der Waals surface area contributed by atoms with Gasteiger partial charge in [-0.15, -0.1) is 0 Å². The Hall–Kier alpha value is -2.47. The fraction of sp³-hybridized carbons (Fsp3) is 0.286. The molecule has 1 unspecified atom stereocenters. The maximum Gasteiger partial charge on any atom is 0.416 e. The largest absolute Gasteiger partial charge is 0.462 e. The topological polar surface area (TPSA) is 38.3 Å². The van der Waals surface area contributed by atoms with Gasteiger partial charge < -0.3 is 10.1 Å². The number of carbonyl (C=O) groups excluding carboxylic acids is 1. The van der Waals surface area contributed by atoms with Crippen LogP contribution in [0.15, 0.2) is 54.4 Å². The summed E-state index contributed by atoms with van der Waals surface area (Å²) in [5.41, 5.74) is -0.0161. The van der Waals surface area contributed by atoms with Gasteiger partial charge in [0.1, 0.15) is 0 Å². The number of ether oxygens (including phenoxy) is 1. The van der Waals surface area contributed by atoms with Gasteiger partial charge >= 0.3 is 6.18 Å². The molecule has 2 aliphatic rings. The van der Waals surface area contributed by atoms with Crippen LogP contribution in [0, 0.1) is 0 Å². The van der Waals surface area contributed by atoms with Gasteiger partial charge in [0, 0.05) is 16.6 Å². The van der Waals surface area contributed by atoms with Crippen molar-refractivity contribution in [2.75, 3.05) is 0 Å². The van der Waals surface area contributed by atoms with E-state index in [2.05, 4.69) is 5.32 Å². The number of hydrogen-bond acceptors (Lipinski definition) is 3. The highest BCUT2D eigenvalue weighted by Crippen LogP contribution is 2.41. The van der Waals surface area contributed by atoms with E-state index in [0.29, 0.717) is 10.6 Å². The van der Waals surface area contributed by atoms with Gasteiger partial charge in [-0.1, -0.05) is 41.9 Å². The van der Waals surface area contributed by atoms with Crippen molar-refractivity contribution in [1.29, 1.82) is 0 Å². The van der Waals surface area contributed by atoms with E-state index < -0.39 is 23.6 Å². The van der Waals surface area contributed by atoms with Gasteiger partial charge in [-0.25, -0.2) is 0 Å². The third-order valence-corrected chi connectivity index (χ3v) is 5.40. The average molecular weight is 408 g/mol. The summed E-state index contributed by atoms with van der Waals surface area (Å²) in [4.78, 5) is 13.2. The third kappa shape index (κ3) is 3.49. The van der Waals surface area contributed by atoms with Crippen LogP contribution in [-0.2, 0) is 15.7 Å². The molecule has 1 aliphatic heterocycles. The van der Waals surface area contributed by atoms with Crippen molar-refractivity contribution >= 4 is 23.0 Å². The zero-order valence-corrected chi connectivity index (χ0v) is 15.5. The van der Waals surface area contributed by atoms with Crippen LogP contribution in [0.2, 0.25) is 5.02 Å². The monoisotopic (exact) mass is 407 g/mol. The number of alkyl halides is 3. The lowest BCUT2D eigenvalue weighted by Gasteiger charge is -2.28. The highest BCUT2D eigenvalue weighted by molar-refractivity contribution is 6.32. The summed E-state index contributed by atoms with van der Waals surface area (Å²) in [6.45, 7) is 0. The maximum absolute atomic E-state index is 13.2. The second-order valence-corrected chi connectivity index (χ2v) is 7.35. The molecule has 0 bridgehead atoms. The van der Waals surface area contributed by atoms with Crippen molar-refractivity contribution in [2.24, 2.45) is 0 Å². The van der Waals surface area contributed by atoms with Crippen LogP contribution in [0.4, 0.5) is 13.2 Å². The molecule has 1 fully saturated rings. The number of rotatable bonds is 4. The summed E-state index contributed by atoms with van der Waals surface area (Å²) in [5, 5.41) is 3.55. The summed E-state index contributed by atoms with van der Waals surface area (Å²) in [6, 6.07) is 11.7. The molecule has 1 saturated carbocycles. The van der Waals surface area contributed by atoms with Crippen LogP contribution < -0.4 is 5.32 Å². The van der Waals surface area contributed by atoms with E-state index in [1.807, 2.05) is 0 Å². The molecule has 0 aromatic heterocycles. The predicted molar refractivity (Wildman–Crippen MR) is 99.4 cm³/mol. The van der Waals surface area contributed by atoms with Crippen LogP contribution in [-0.4, -0.2) is 11.8 Å². The van der Waals surface area contributed by atoms with Crippen molar-refractivity contribution in [2.45, 2.75) is 37.6 Å². The summed E-state index contributed by atoms with van der Waals surface area (Å²) in [7, 11) is 0. The molecular formula is C21H17ClF3NO2. The first-order valence-corrected chi connectivity index (χ1v) is 9.36. The molecular weight excluding hydrogens is 391 g/mol. The second-order valence-electron chi connectivity index (χ2n) is 6.94. The standard InChI is InChI=1S/C21H17ClF3NO2/c22-16-10-2-1-9-15(16)19-18(27)17(20(28-19)26-14-7-4-8-14)12-5-3-6-13(11-12)21(23,24)25/h1-3,5-6,9-11,14,19,26H,4,7-8H2. The molecule has 0 saturated heterocycles. The Labute approximate surface area is 165 Å². The van der Waals surface area contributed by atoms with E-state index in [4.69, 9.17) is 16.3 Å². The SMILES string of the molecule is O=C1C(c2cccc(C(F)(F)F)c2)=C(NC2CCC2)OC1c1ccccc1Cl. The first-order chi connectivity index (χ1) is 13.3. The molecule has 1 aliphatic carbocycles. The molecule has 2 aromatic carbocycles. The summed E-state index contributed by atoms with van der Waals surface area (Å²) < 4.78 is 45.3. The summed E-state index contributed by atoms with van der Waals surface area (Å²) in [5.74, 6) is -0.187. The Morgan fingerprint density at radius 3 is 2.46 bits per heavy atom. The van der Waals surface area contributed by atoms with Crippen LogP contribution in [0.3, 0.4) is 0 Å². The maximum atomic E-state index is 13.2.